The lowest BCUT2D eigenvalue weighted by Gasteiger charge is -2.07. The lowest BCUT2D eigenvalue weighted by Crippen LogP contribution is -2.17. The van der Waals surface area contributed by atoms with E-state index >= 15 is 0 Å². The summed E-state index contributed by atoms with van der Waals surface area (Å²) in [6.45, 7) is 14.7. The zero-order chi connectivity index (χ0) is 16.8. The lowest BCUT2D eigenvalue weighted by atomic mass is 10.4. The molecule has 0 saturated heterocycles. The van der Waals surface area contributed by atoms with Crippen molar-refractivity contribution in [3.05, 3.63) is 12.2 Å². The summed E-state index contributed by atoms with van der Waals surface area (Å²) in [7, 11) is -1.29. The van der Waals surface area contributed by atoms with Gasteiger partial charge in [0.25, 0.3) is 0 Å². The van der Waals surface area contributed by atoms with Crippen molar-refractivity contribution >= 4 is 14.0 Å². The summed E-state index contributed by atoms with van der Waals surface area (Å²) in [6.07, 6.45) is 0. The van der Waals surface area contributed by atoms with Gasteiger partial charge in [0.05, 0.1) is 33.0 Å². The van der Waals surface area contributed by atoms with Gasteiger partial charge in [-0.3, -0.25) is 0 Å². The summed E-state index contributed by atoms with van der Waals surface area (Å²) in [5, 5.41) is 0. The second kappa shape index (κ2) is 12.4. The minimum absolute atomic E-state index is 0.227. The number of hydrogen-bond acceptors (Lipinski definition) is 5. The maximum absolute atomic E-state index is 11.1. The molecule has 6 heteroatoms. The van der Waals surface area contributed by atoms with Gasteiger partial charge in [-0.15, -0.1) is 5.54 Å². The van der Waals surface area contributed by atoms with Crippen LogP contribution in [-0.2, 0) is 23.7 Å². The first-order chi connectivity index (χ1) is 10.3. The molecule has 0 aliphatic carbocycles. The topological polar surface area (TPSA) is 54.0 Å². The third-order valence-corrected chi connectivity index (χ3v) is 3.12. The zero-order valence-electron chi connectivity index (χ0n) is 14.2. The molecule has 0 aliphatic rings. The monoisotopic (exact) mass is 328 g/mol. The summed E-state index contributed by atoms with van der Waals surface area (Å²) in [5.74, 6) is 2.63. The molecule has 0 rings (SSSR count). The molecule has 0 fully saturated rings. The van der Waals surface area contributed by atoms with Crippen LogP contribution in [-0.4, -0.2) is 60.3 Å². The van der Waals surface area contributed by atoms with Gasteiger partial charge in [-0.25, -0.2) is 4.79 Å². The van der Waals surface area contributed by atoms with E-state index in [9.17, 15) is 4.79 Å². The van der Waals surface area contributed by atoms with Crippen LogP contribution in [0.1, 0.15) is 6.92 Å². The zero-order valence-corrected chi connectivity index (χ0v) is 15.2. The quantitative estimate of drug-likeness (QED) is 0.191. The Labute approximate surface area is 135 Å². The lowest BCUT2D eigenvalue weighted by molar-refractivity contribution is -0.140. The average molecular weight is 328 g/mol. The van der Waals surface area contributed by atoms with E-state index in [-0.39, 0.29) is 6.61 Å². The molecule has 0 N–H and O–H groups in total. The first-order valence-corrected chi connectivity index (χ1v) is 10.9. The Bertz CT molecular complexity index is 390. The second-order valence-corrected chi connectivity index (χ2v) is 10.5. The van der Waals surface area contributed by atoms with Crippen molar-refractivity contribution in [1.82, 2.24) is 0 Å². The molecular formula is C16H28O5Si. The highest BCUT2D eigenvalue weighted by molar-refractivity contribution is 6.83. The molecular weight excluding hydrogens is 300 g/mol. The highest BCUT2D eigenvalue weighted by Gasteiger charge is 2.06. The van der Waals surface area contributed by atoms with Crippen molar-refractivity contribution in [2.75, 3.05) is 46.2 Å². The maximum Gasteiger partial charge on any atom is 0.333 e. The standard InChI is InChI=1S/C16H28O5Si/c1-15(2)16(17)21-13-12-20-11-10-19-9-8-18-7-6-14-22(3,4)5/h1,7-13H2,2-5H3. The Morgan fingerprint density at radius 2 is 1.45 bits per heavy atom. The number of carbonyl (C=O) groups excluding carboxylic acids is 1. The smallest absolute Gasteiger partial charge is 0.333 e. The van der Waals surface area contributed by atoms with Crippen LogP contribution < -0.4 is 0 Å². The number of esters is 1. The Morgan fingerprint density at radius 3 is 1.95 bits per heavy atom. The van der Waals surface area contributed by atoms with Crippen molar-refractivity contribution < 1.29 is 23.7 Å². The normalized spacial score (nSPS) is 10.7. The number of hydrogen-bond donors (Lipinski definition) is 0. The van der Waals surface area contributed by atoms with Crippen LogP contribution in [0.3, 0.4) is 0 Å². The highest BCUT2D eigenvalue weighted by atomic mass is 28.3. The van der Waals surface area contributed by atoms with Gasteiger partial charge in [-0.2, -0.15) is 0 Å². The Hall–Kier alpha value is -1.13. The first-order valence-electron chi connectivity index (χ1n) is 7.39. The van der Waals surface area contributed by atoms with E-state index in [1.54, 1.807) is 6.92 Å². The predicted molar refractivity (Wildman–Crippen MR) is 89.4 cm³/mol. The van der Waals surface area contributed by atoms with Crippen LogP contribution in [0.25, 0.3) is 0 Å². The molecule has 0 heterocycles. The first kappa shape index (κ1) is 20.9. The summed E-state index contributed by atoms with van der Waals surface area (Å²) in [4.78, 5) is 11.1. The Morgan fingerprint density at radius 1 is 0.955 bits per heavy atom. The molecule has 0 radical (unpaired) electrons. The van der Waals surface area contributed by atoms with Crippen LogP contribution in [0.5, 0.6) is 0 Å². The maximum atomic E-state index is 11.1. The van der Waals surface area contributed by atoms with Crippen molar-refractivity contribution in [3.8, 4) is 11.5 Å². The molecule has 0 unspecified atom stereocenters. The molecule has 0 aromatic heterocycles. The van der Waals surface area contributed by atoms with Gasteiger partial charge in [0, 0.05) is 5.57 Å². The molecule has 0 amide bonds. The number of ether oxygens (including phenoxy) is 4. The molecule has 0 aromatic carbocycles. The largest absolute Gasteiger partial charge is 0.460 e. The van der Waals surface area contributed by atoms with Crippen LogP contribution in [0, 0.1) is 11.5 Å². The third kappa shape index (κ3) is 15.3. The van der Waals surface area contributed by atoms with Crippen molar-refractivity contribution in [3.63, 3.8) is 0 Å². The highest BCUT2D eigenvalue weighted by Crippen LogP contribution is 1.95. The summed E-state index contributed by atoms with van der Waals surface area (Å²) < 4.78 is 20.8. The van der Waals surface area contributed by atoms with Crippen molar-refractivity contribution in [2.24, 2.45) is 0 Å². The van der Waals surface area contributed by atoms with Gasteiger partial charge in [0.15, 0.2) is 0 Å². The fourth-order valence-corrected chi connectivity index (χ4v) is 1.78. The van der Waals surface area contributed by atoms with Crippen molar-refractivity contribution in [1.29, 1.82) is 0 Å². The van der Waals surface area contributed by atoms with Gasteiger partial charge in [-0.05, 0) is 6.92 Å². The molecule has 0 aliphatic heterocycles. The van der Waals surface area contributed by atoms with E-state index in [1.165, 1.54) is 0 Å². The minimum Gasteiger partial charge on any atom is -0.460 e. The molecule has 0 aromatic rings. The van der Waals surface area contributed by atoms with Gasteiger partial charge in [-0.1, -0.05) is 32.1 Å². The van der Waals surface area contributed by atoms with E-state index in [2.05, 4.69) is 37.7 Å². The molecule has 22 heavy (non-hydrogen) atoms. The van der Waals surface area contributed by atoms with E-state index in [4.69, 9.17) is 18.9 Å². The fourth-order valence-electron chi connectivity index (χ4n) is 1.18. The summed E-state index contributed by atoms with van der Waals surface area (Å²) >= 11 is 0. The van der Waals surface area contributed by atoms with E-state index in [0.29, 0.717) is 45.2 Å². The SMILES string of the molecule is C=C(C)C(=O)OCCOCCOCCOCC#C[Si](C)(C)C. The van der Waals surface area contributed by atoms with Crippen LogP contribution >= 0.6 is 0 Å². The molecule has 0 atom stereocenters. The number of rotatable bonds is 11. The van der Waals surface area contributed by atoms with Gasteiger partial charge >= 0.3 is 5.97 Å². The van der Waals surface area contributed by atoms with Crippen molar-refractivity contribution in [2.45, 2.75) is 26.6 Å². The Balaban J connectivity index is 3.26. The molecule has 0 saturated carbocycles. The van der Waals surface area contributed by atoms with Gasteiger partial charge < -0.3 is 18.9 Å². The fraction of sp³-hybridized carbons (Fsp3) is 0.688. The minimum atomic E-state index is -1.29. The second-order valence-electron chi connectivity index (χ2n) is 5.75. The molecule has 5 nitrogen and oxygen atoms in total. The van der Waals surface area contributed by atoms with Gasteiger partial charge in [0.2, 0.25) is 0 Å². The average Bonchev–Trinajstić information content (AvgIpc) is 2.42. The summed E-state index contributed by atoms with van der Waals surface area (Å²) in [5.41, 5.74) is 3.62. The molecule has 126 valence electrons. The van der Waals surface area contributed by atoms with E-state index in [0.717, 1.165) is 0 Å². The third-order valence-electron chi connectivity index (χ3n) is 2.19. The number of carbonyl (C=O) groups is 1. The van der Waals surface area contributed by atoms with E-state index < -0.39 is 14.0 Å². The predicted octanol–water partition coefficient (Wildman–Crippen LogP) is 2.04. The molecule has 0 spiro atoms. The van der Waals surface area contributed by atoms with Crippen LogP contribution in [0.2, 0.25) is 19.6 Å². The van der Waals surface area contributed by atoms with Crippen LogP contribution in [0.15, 0.2) is 12.2 Å². The van der Waals surface area contributed by atoms with Gasteiger partial charge in [0.1, 0.15) is 21.3 Å². The molecule has 0 bridgehead atoms. The summed E-state index contributed by atoms with van der Waals surface area (Å²) in [6, 6.07) is 0. The van der Waals surface area contributed by atoms with Crippen LogP contribution in [0.4, 0.5) is 0 Å². The Kier molecular flexibility index (Phi) is 11.8. The van der Waals surface area contributed by atoms with E-state index in [1.807, 2.05) is 0 Å².